The van der Waals surface area contributed by atoms with Crippen molar-refractivity contribution in [2.45, 2.75) is 6.42 Å². The Hall–Kier alpha value is -2.04. The van der Waals surface area contributed by atoms with Gasteiger partial charge in [0.15, 0.2) is 0 Å². The van der Waals surface area contributed by atoms with Crippen LogP contribution in [-0.4, -0.2) is 4.92 Å². The lowest BCUT2D eigenvalue weighted by Gasteiger charge is -1.93. The second-order valence-electron chi connectivity index (χ2n) is 3.04. The van der Waals surface area contributed by atoms with Crippen LogP contribution in [0.2, 0.25) is 0 Å². The van der Waals surface area contributed by atoms with Gasteiger partial charge < -0.3 is 8.83 Å². The standard InChI is InChI=1S/C10H8NO4/c1-7-4-5-14-9(7)6-8-2-3-10(15-8)11(12)13/h2-5H,1,6H2. The highest BCUT2D eigenvalue weighted by atomic mass is 16.6. The molecular weight excluding hydrogens is 198 g/mol. The molecule has 5 nitrogen and oxygen atoms in total. The van der Waals surface area contributed by atoms with Crippen LogP contribution in [0.3, 0.4) is 0 Å². The Labute approximate surface area is 85.5 Å². The Morgan fingerprint density at radius 2 is 2.20 bits per heavy atom. The topological polar surface area (TPSA) is 69.4 Å². The molecule has 2 heterocycles. The molecule has 77 valence electrons. The van der Waals surface area contributed by atoms with E-state index in [-0.39, 0.29) is 5.88 Å². The summed E-state index contributed by atoms with van der Waals surface area (Å²) in [6, 6.07) is 4.60. The molecule has 15 heavy (non-hydrogen) atoms. The molecule has 0 aliphatic heterocycles. The number of nitrogens with zero attached hydrogens (tertiary/aromatic N) is 1. The van der Waals surface area contributed by atoms with Crippen molar-refractivity contribution in [1.29, 1.82) is 0 Å². The summed E-state index contributed by atoms with van der Waals surface area (Å²) in [6.07, 6.45) is 1.90. The third-order valence-corrected chi connectivity index (χ3v) is 2.00. The third kappa shape index (κ3) is 1.90. The van der Waals surface area contributed by atoms with Crippen molar-refractivity contribution in [2.75, 3.05) is 0 Å². The van der Waals surface area contributed by atoms with Crippen molar-refractivity contribution >= 4 is 5.88 Å². The molecule has 2 aromatic heterocycles. The van der Waals surface area contributed by atoms with Crippen molar-refractivity contribution in [3.05, 3.63) is 58.6 Å². The number of hydrogen-bond acceptors (Lipinski definition) is 4. The van der Waals surface area contributed by atoms with Crippen LogP contribution in [0.15, 0.2) is 33.3 Å². The van der Waals surface area contributed by atoms with Gasteiger partial charge in [-0.2, -0.15) is 0 Å². The van der Waals surface area contributed by atoms with Crippen molar-refractivity contribution in [3.8, 4) is 0 Å². The summed E-state index contributed by atoms with van der Waals surface area (Å²) < 4.78 is 10.1. The van der Waals surface area contributed by atoms with E-state index >= 15 is 0 Å². The fourth-order valence-electron chi connectivity index (χ4n) is 1.24. The fraction of sp³-hybridized carbons (Fsp3) is 0.100. The second kappa shape index (κ2) is 3.61. The molecule has 0 atom stereocenters. The highest BCUT2D eigenvalue weighted by Crippen LogP contribution is 2.20. The summed E-state index contributed by atoms with van der Waals surface area (Å²) >= 11 is 0. The van der Waals surface area contributed by atoms with Crippen LogP contribution in [0.4, 0.5) is 5.88 Å². The van der Waals surface area contributed by atoms with E-state index in [1.54, 1.807) is 12.1 Å². The van der Waals surface area contributed by atoms with Gasteiger partial charge in [0.1, 0.15) is 16.4 Å². The molecule has 2 aromatic rings. The minimum Gasteiger partial charge on any atom is -0.469 e. The minimum absolute atomic E-state index is 0.262. The molecule has 0 N–H and O–H groups in total. The van der Waals surface area contributed by atoms with Crippen LogP contribution < -0.4 is 0 Å². The summed E-state index contributed by atoms with van der Waals surface area (Å²) in [5, 5.41) is 10.4. The lowest BCUT2D eigenvalue weighted by molar-refractivity contribution is -0.402. The highest BCUT2D eigenvalue weighted by molar-refractivity contribution is 5.26. The number of nitro groups is 1. The third-order valence-electron chi connectivity index (χ3n) is 2.00. The van der Waals surface area contributed by atoms with E-state index in [1.165, 1.54) is 12.3 Å². The molecule has 0 spiro atoms. The normalized spacial score (nSPS) is 10.5. The van der Waals surface area contributed by atoms with E-state index in [2.05, 4.69) is 6.92 Å². The Morgan fingerprint density at radius 3 is 2.73 bits per heavy atom. The summed E-state index contributed by atoms with van der Waals surface area (Å²) in [7, 11) is 0. The number of furan rings is 2. The highest BCUT2D eigenvalue weighted by Gasteiger charge is 2.13. The summed E-state index contributed by atoms with van der Waals surface area (Å²) in [5.41, 5.74) is 0.758. The Morgan fingerprint density at radius 1 is 1.40 bits per heavy atom. The van der Waals surface area contributed by atoms with Crippen LogP contribution >= 0.6 is 0 Å². The summed E-state index contributed by atoms with van der Waals surface area (Å²) in [5.74, 6) is 0.878. The van der Waals surface area contributed by atoms with Crippen LogP contribution in [0, 0.1) is 17.0 Å². The van der Waals surface area contributed by atoms with Crippen molar-refractivity contribution < 1.29 is 13.8 Å². The number of rotatable bonds is 3. The zero-order chi connectivity index (χ0) is 10.8. The van der Waals surface area contributed by atoms with Crippen LogP contribution in [0.25, 0.3) is 0 Å². The predicted octanol–water partition coefficient (Wildman–Crippen LogP) is 2.55. The Balaban J connectivity index is 2.18. The summed E-state index contributed by atoms with van der Waals surface area (Å²) in [4.78, 5) is 9.79. The smallest absolute Gasteiger partial charge is 0.433 e. The average molecular weight is 206 g/mol. The van der Waals surface area contributed by atoms with E-state index in [1.807, 2.05) is 0 Å². The van der Waals surface area contributed by atoms with Gasteiger partial charge in [0.05, 0.1) is 18.8 Å². The SMILES string of the molecule is [CH2]c1ccoc1Cc1ccc([N+](=O)[O-])o1. The van der Waals surface area contributed by atoms with Gasteiger partial charge >= 0.3 is 5.88 Å². The molecule has 0 aliphatic rings. The van der Waals surface area contributed by atoms with Gasteiger partial charge in [-0.25, -0.2) is 0 Å². The lowest BCUT2D eigenvalue weighted by Crippen LogP contribution is -1.86. The molecule has 5 heteroatoms. The van der Waals surface area contributed by atoms with Gasteiger partial charge in [0.25, 0.3) is 0 Å². The maximum absolute atomic E-state index is 10.4. The molecule has 0 saturated carbocycles. The van der Waals surface area contributed by atoms with Crippen LogP contribution in [0.1, 0.15) is 17.1 Å². The molecule has 0 amide bonds. The Bertz CT molecular complexity index is 483. The lowest BCUT2D eigenvalue weighted by atomic mass is 10.2. The molecule has 2 rings (SSSR count). The van der Waals surface area contributed by atoms with Gasteiger partial charge in [0, 0.05) is 0 Å². The molecule has 0 fully saturated rings. The van der Waals surface area contributed by atoms with E-state index in [0.717, 1.165) is 5.56 Å². The molecule has 0 aromatic carbocycles. The van der Waals surface area contributed by atoms with Gasteiger partial charge in [0.2, 0.25) is 0 Å². The molecule has 0 bridgehead atoms. The monoisotopic (exact) mass is 206 g/mol. The van der Waals surface area contributed by atoms with E-state index in [0.29, 0.717) is 17.9 Å². The van der Waals surface area contributed by atoms with E-state index < -0.39 is 4.92 Å². The maximum atomic E-state index is 10.4. The van der Waals surface area contributed by atoms with Gasteiger partial charge in [-0.05, 0) is 24.6 Å². The molecular formula is C10H8NO4. The van der Waals surface area contributed by atoms with Crippen molar-refractivity contribution in [2.24, 2.45) is 0 Å². The molecule has 1 radical (unpaired) electrons. The Kier molecular flexibility index (Phi) is 2.29. The van der Waals surface area contributed by atoms with Crippen LogP contribution in [-0.2, 0) is 6.42 Å². The van der Waals surface area contributed by atoms with Crippen LogP contribution in [0.5, 0.6) is 0 Å². The zero-order valence-electron chi connectivity index (χ0n) is 7.80. The molecule has 0 aliphatic carbocycles. The first-order valence-electron chi connectivity index (χ1n) is 4.28. The van der Waals surface area contributed by atoms with Gasteiger partial charge in [-0.3, -0.25) is 10.1 Å². The van der Waals surface area contributed by atoms with Crippen molar-refractivity contribution in [1.82, 2.24) is 0 Å². The van der Waals surface area contributed by atoms with Gasteiger partial charge in [-0.1, -0.05) is 0 Å². The van der Waals surface area contributed by atoms with E-state index in [4.69, 9.17) is 8.83 Å². The van der Waals surface area contributed by atoms with Crippen molar-refractivity contribution in [3.63, 3.8) is 0 Å². The average Bonchev–Trinajstić information content (AvgIpc) is 2.77. The molecule has 0 unspecified atom stereocenters. The van der Waals surface area contributed by atoms with E-state index in [9.17, 15) is 10.1 Å². The number of hydrogen-bond donors (Lipinski definition) is 0. The first kappa shape index (κ1) is 9.51. The minimum atomic E-state index is -0.573. The van der Waals surface area contributed by atoms with Gasteiger partial charge in [-0.15, -0.1) is 0 Å². The first-order chi connectivity index (χ1) is 7.16. The predicted molar refractivity (Wildman–Crippen MR) is 51.3 cm³/mol. The quantitative estimate of drug-likeness (QED) is 0.571. The second-order valence-corrected chi connectivity index (χ2v) is 3.04. The largest absolute Gasteiger partial charge is 0.469 e. The maximum Gasteiger partial charge on any atom is 0.433 e. The molecule has 0 saturated heterocycles. The zero-order valence-corrected chi connectivity index (χ0v) is 7.80. The first-order valence-corrected chi connectivity index (χ1v) is 4.28. The summed E-state index contributed by atoms with van der Waals surface area (Å²) in [6.45, 7) is 3.75. The fourth-order valence-corrected chi connectivity index (χ4v) is 1.24.